The molecule has 5 aromatic rings. The number of aryl methyl sites for hydroxylation is 2. The first-order valence-electron chi connectivity index (χ1n) is 11.7. The summed E-state index contributed by atoms with van der Waals surface area (Å²) in [5.74, 6) is 0.933. The molecule has 0 saturated carbocycles. The van der Waals surface area contributed by atoms with Crippen molar-refractivity contribution < 1.29 is 4.74 Å². The Labute approximate surface area is 212 Å². The number of aromatic amines is 1. The number of imidazole rings is 2. The molecule has 0 unspecified atom stereocenters. The molecule has 1 saturated heterocycles. The van der Waals surface area contributed by atoms with Crippen LogP contribution in [-0.2, 0) is 11.2 Å². The Morgan fingerprint density at radius 1 is 1.03 bits per heavy atom. The summed E-state index contributed by atoms with van der Waals surface area (Å²) in [5.41, 5.74) is 7.43. The number of fused-ring (bicyclic) bond motifs is 2. The first kappa shape index (κ1) is 22.3. The Morgan fingerprint density at radius 3 is 2.57 bits per heavy atom. The molecule has 4 heterocycles. The smallest absolute Gasteiger partial charge is 0.114 e. The van der Waals surface area contributed by atoms with Crippen LogP contribution < -0.4 is 4.90 Å². The molecular weight excluding hydrogens is 483 g/mol. The lowest BCUT2D eigenvalue weighted by molar-refractivity contribution is 0.122. The number of H-pyrrole nitrogens is 1. The van der Waals surface area contributed by atoms with Gasteiger partial charge in [0, 0.05) is 41.8 Å². The number of morpholine rings is 1. The van der Waals surface area contributed by atoms with E-state index in [2.05, 4.69) is 44.6 Å². The molecular formula is C26H24Cl2N6O. The molecule has 1 aliphatic rings. The van der Waals surface area contributed by atoms with Crippen molar-refractivity contribution in [2.45, 2.75) is 20.3 Å². The van der Waals surface area contributed by atoms with Gasteiger partial charge < -0.3 is 14.6 Å². The molecule has 0 bridgehead atoms. The van der Waals surface area contributed by atoms with E-state index in [-0.39, 0.29) is 0 Å². The summed E-state index contributed by atoms with van der Waals surface area (Å²) in [6.07, 6.45) is 4.28. The fourth-order valence-electron chi connectivity index (χ4n) is 4.88. The molecule has 0 aliphatic carbocycles. The van der Waals surface area contributed by atoms with E-state index in [0.29, 0.717) is 28.8 Å². The Kier molecular flexibility index (Phi) is 5.63. The largest absolute Gasteiger partial charge is 0.378 e. The van der Waals surface area contributed by atoms with Crippen LogP contribution in [0.5, 0.6) is 0 Å². The standard InChI is InChI=1S/C26H24Cl2N6O/c1-3-23-32-25-17(20-13-29-14-30-20)11-16(33-6-8-35-9-7-33)12-22(25)34(23)21-10-15(2)31-26-19(28)5-4-18(27)24(21)26/h4-5,10-14H,3,6-9H2,1-2H3,(H,29,30). The number of halogens is 2. The minimum atomic E-state index is 0.573. The number of hydrogen-bond donors (Lipinski definition) is 1. The van der Waals surface area contributed by atoms with Gasteiger partial charge in [-0.05, 0) is 37.3 Å². The van der Waals surface area contributed by atoms with Gasteiger partial charge in [-0.15, -0.1) is 0 Å². The maximum atomic E-state index is 6.75. The fourth-order valence-corrected chi connectivity index (χ4v) is 5.33. The van der Waals surface area contributed by atoms with Crippen LogP contribution in [0.15, 0.2) is 42.9 Å². The Balaban J connectivity index is 1.72. The van der Waals surface area contributed by atoms with Gasteiger partial charge in [0.1, 0.15) is 5.82 Å². The molecule has 178 valence electrons. The molecule has 3 aromatic heterocycles. The van der Waals surface area contributed by atoms with E-state index in [1.54, 1.807) is 12.4 Å². The summed E-state index contributed by atoms with van der Waals surface area (Å²) < 4.78 is 7.81. The molecule has 0 spiro atoms. The van der Waals surface area contributed by atoms with E-state index in [4.69, 9.17) is 37.9 Å². The van der Waals surface area contributed by atoms with Crippen LogP contribution >= 0.6 is 23.2 Å². The third kappa shape index (κ3) is 3.75. The van der Waals surface area contributed by atoms with Crippen molar-refractivity contribution in [2.24, 2.45) is 0 Å². The highest BCUT2D eigenvalue weighted by Gasteiger charge is 2.23. The van der Waals surface area contributed by atoms with E-state index < -0.39 is 0 Å². The van der Waals surface area contributed by atoms with Crippen molar-refractivity contribution in [3.05, 3.63) is 64.4 Å². The lowest BCUT2D eigenvalue weighted by Gasteiger charge is -2.29. The van der Waals surface area contributed by atoms with Gasteiger partial charge in [-0.3, -0.25) is 9.55 Å². The van der Waals surface area contributed by atoms with Gasteiger partial charge in [-0.1, -0.05) is 30.1 Å². The summed E-state index contributed by atoms with van der Waals surface area (Å²) in [7, 11) is 0. The zero-order chi connectivity index (χ0) is 24.1. The van der Waals surface area contributed by atoms with Crippen LogP contribution in [0.25, 0.3) is 38.9 Å². The second-order valence-electron chi connectivity index (χ2n) is 8.68. The molecule has 0 radical (unpaired) electrons. The van der Waals surface area contributed by atoms with E-state index in [0.717, 1.165) is 70.1 Å². The van der Waals surface area contributed by atoms with Gasteiger partial charge in [0.15, 0.2) is 0 Å². The Bertz CT molecular complexity index is 1550. The summed E-state index contributed by atoms with van der Waals surface area (Å²) in [5, 5.41) is 2.00. The summed E-state index contributed by atoms with van der Waals surface area (Å²) >= 11 is 13.3. The quantitative estimate of drug-likeness (QED) is 0.324. The lowest BCUT2D eigenvalue weighted by Crippen LogP contribution is -2.36. The van der Waals surface area contributed by atoms with Crippen molar-refractivity contribution in [3.63, 3.8) is 0 Å². The first-order chi connectivity index (χ1) is 17.0. The first-order valence-corrected chi connectivity index (χ1v) is 12.4. The number of benzene rings is 2. The second kappa shape index (κ2) is 8.82. The van der Waals surface area contributed by atoms with Crippen molar-refractivity contribution in [3.8, 4) is 16.9 Å². The number of nitrogens with one attached hydrogen (secondary N) is 1. The summed E-state index contributed by atoms with van der Waals surface area (Å²) in [6, 6.07) is 10.1. The predicted octanol–water partition coefficient (Wildman–Crippen LogP) is 5.98. The number of ether oxygens (including phenoxy) is 1. The Hall–Kier alpha value is -3.13. The van der Waals surface area contributed by atoms with Gasteiger partial charge in [-0.2, -0.15) is 0 Å². The minimum Gasteiger partial charge on any atom is -0.378 e. The predicted molar refractivity (Wildman–Crippen MR) is 141 cm³/mol. The SMILES string of the molecule is CCc1nc2c(-c3cnc[nH]3)cc(N3CCOCC3)cc2n1-c1cc(C)nc2c(Cl)ccc(Cl)c12. The highest BCUT2D eigenvalue weighted by Crippen LogP contribution is 2.39. The van der Waals surface area contributed by atoms with Crippen molar-refractivity contribution in [1.29, 1.82) is 0 Å². The lowest BCUT2D eigenvalue weighted by atomic mass is 10.1. The molecule has 2 aromatic carbocycles. The normalized spacial score (nSPS) is 14.3. The number of nitrogens with zero attached hydrogens (tertiary/aromatic N) is 5. The summed E-state index contributed by atoms with van der Waals surface area (Å²) in [4.78, 5) is 19.7. The second-order valence-corrected chi connectivity index (χ2v) is 9.49. The van der Waals surface area contributed by atoms with Crippen LogP contribution in [0.3, 0.4) is 0 Å². The van der Waals surface area contributed by atoms with Crippen molar-refractivity contribution in [1.82, 2.24) is 24.5 Å². The molecule has 1 fully saturated rings. The molecule has 35 heavy (non-hydrogen) atoms. The number of hydrogen-bond acceptors (Lipinski definition) is 5. The van der Waals surface area contributed by atoms with Crippen molar-refractivity contribution in [2.75, 3.05) is 31.2 Å². The maximum absolute atomic E-state index is 6.75. The van der Waals surface area contributed by atoms with Crippen LogP contribution in [0.4, 0.5) is 5.69 Å². The highest BCUT2D eigenvalue weighted by molar-refractivity contribution is 6.40. The maximum Gasteiger partial charge on any atom is 0.114 e. The molecule has 7 nitrogen and oxygen atoms in total. The van der Waals surface area contributed by atoms with Gasteiger partial charge in [0.25, 0.3) is 0 Å². The zero-order valence-corrected chi connectivity index (χ0v) is 21.0. The highest BCUT2D eigenvalue weighted by atomic mass is 35.5. The summed E-state index contributed by atoms with van der Waals surface area (Å²) in [6.45, 7) is 7.17. The van der Waals surface area contributed by atoms with Crippen LogP contribution in [0.2, 0.25) is 10.0 Å². The van der Waals surface area contributed by atoms with Crippen molar-refractivity contribution >= 4 is 50.8 Å². The molecule has 1 N–H and O–H groups in total. The molecule has 9 heteroatoms. The topological polar surface area (TPSA) is 71.9 Å². The van der Waals surface area contributed by atoms with E-state index >= 15 is 0 Å². The third-order valence-corrected chi connectivity index (χ3v) is 7.12. The van der Waals surface area contributed by atoms with E-state index in [1.165, 1.54) is 0 Å². The zero-order valence-electron chi connectivity index (χ0n) is 19.5. The average Bonchev–Trinajstić information content (AvgIpc) is 3.54. The number of anilines is 1. The Morgan fingerprint density at radius 2 is 1.83 bits per heavy atom. The monoisotopic (exact) mass is 506 g/mol. The number of rotatable bonds is 4. The van der Waals surface area contributed by atoms with Crippen LogP contribution in [-0.4, -0.2) is 50.8 Å². The van der Waals surface area contributed by atoms with E-state index in [9.17, 15) is 0 Å². The number of pyridine rings is 1. The van der Waals surface area contributed by atoms with Crippen LogP contribution in [0.1, 0.15) is 18.4 Å². The van der Waals surface area contributed by atoms with Gasteiger partial charge in [0.2, 0.25) is 0 Å². The average molecular weight is 507 g/mol. The molecule has 6 rings (SSSR count). The van der Waals surface area contributed by atoms with Crippen LogP contribution in [0, 0.1) is 6.92 Å². The van der Waals surface area contributed by atoms with Gasteiger partial charge in [-0.25, -0.2) is 9.97 Å². The van der Waals surface area contributed by atoms with Gasteiger partial charge >= 0.3 is 0 Å². The molecule has 0 amide bonds. The third-order valence-electron chi connectivity index (χ3n) is 6.50. The van der Waals surface area contributed by atoms with Gasteiger partial charge in [0.05, 0.1) is 63.7 Å². The van der Waals surface area contributed by atoms with E-state index in [1.807, 2.05) is 19.2 Å². The molecule has 1 aliphatic heterocycles. The fraction of sp³-hybridized carbons (Fsp3) is 0.269. The molecule has 0 atom stereocenters. The minimum absolute atomic E-state index is 0.573. The number of aromatic nitrogens is 5.